The van der Waals surface area contributed by atoms with Gasteiger partial charge >= 0.3 is 5.97 Å². The largest absolute Gasteiger partial charge is 0.365 e. The predicted octanol–water partition coefficient (Wildman–Crippen LogP) is 2.77. The highest BCUT2D eigenvalue weighted by molar-refractivity contribution is 6.54. The molecule has 2 aromatic rings. The summed E-state index contributed by atoms with van der Waals surface area (Å²) < 4.78 is 0. The lowest BCUT2D eigenvalue weighted by Gasteiger charge is -2.23. The summed E-state index contributed by atoms with van der Waals surface area (Å²) in [6, 6.07) is 13.9. The molecule has 150 valence electrons. The van der Waals surface area contributed by atoms with Crippen molar-refractivity contribution in [1.29, 1.82) is 0 Å². The number of likely N-dealkylation sites (N-methyl/N-ethyl adjacent to an activating group) is 1. The van der Waals surface area contributed by atoms with Crippen molar-refractivity contribution < 1.29 is 19.2 Å². The Morgan fingerprint density at radius 3 is 2.34 bits per heavy atom. The minimum Gasteiger partial charge on any atom is -0.342 e. The van der Waals surface area contributed by atoms with Crippen LogP contribution in [0, 0.1) is 6.92 Å². The molecule has 2 aromatic carbocycles. The first-order valence-corrected chi connectivity index (χ1v) is 9.51. The number of para-hydroxylation sites is 1. The first-order valence-electron chi connectivity index (χ1n) is 9.51. The van der Waals surface area contributed by atoms with E-state index in [4.69, 9.17) is 4.84 Å². The maximum absolute atomic E-state index is 12.9. The summed E-state index contributed by atoms with van der Waals surface area (Å²) in [5, 5.41) is 3.84. The van der Waals surface area contributed by atoms with E-state index in [1.165, 1.54) is 4.90 Å². The average Bonchev–Trinajstić information content (AvgIpc) is 2.99. The molecule has 0 saturated carbocycles. The Bertz CT molecular complexity index is 962. The molecule has 0 radical (unpaired) electrons. The molecular formula is C22H23N3O4. The topological polar surface area (TPSA) is 79.3 Å². The summed E-state index contributed by atoms with van der Waals surface area (Å²) in [6.45, 7) is 6.72. The van der Waals surface area contributed by atoms with Crippen LogP contribution >= 0.6 is 0 Å². The number of hydrogen-bond acceptors (Lipinski definition) is 5. The van der Waals surface area contributed by atoms with E-state index in [1.54, 1.807) is 53.4 Å². The van der Waals surface area contributed by atoms with Crippen LogP contribution < -0.4 is 4.90 Å². The molecule has 0 fully saturated rings. The lowest BCUT2D eigenvalue weighted by atomic mass is 10.1. The molecule has 0 atom stereocenters. The number of oxime groups is 1. The third-order valence-electron chi connectivity index (χ3n) is 4.81. The standard InChI is InChI=1S/C22H23N3O4/c1-4-24(5-2)19(26)14-25-18-9-7-6-8-17(18)20(21(25)27)23-29-22(28)16-12-10-15(3)11-13-16/h6-13H,4-5,14H2,1-3H3/b23-20-. The number of carbonyl (C=O) groups excluding carboxylic acids is 3. The molecule has 0 aromatic heterocycles. The maximum Gasteiger partial charge on any atom is 0.365 e. The van der Waals surface area contributed by atoms with Crippen LogP contribution in [0.3, 0.4) is 0 Å². The van der Waals surface area contributed by atoms with Gasteiger partial charge in [-0.05, 0) is 39.0 Å². The number of fused-ring (bicyclic) bond motifs is 1. The molecule has 1 aliphatic rings. The van der Waals surface area contributed by atoms with Crippen molar-refractivity contribution in [2.45, 2.75) is 20.8 Å². The van der Waals surface area contributed by atoms with E-state index in [2.05, 4.69) is 5.16 Å². The summed E-state index contributed by atoms with van der Waals surface area (Å²) in [5.74, 6) is -1.28. The number of carbonyl (C=O) groups is 3. The predicted molar refractivity (Wildman–Crippen MR) is 110 cm³/mol. The summed E-state index contributed by atoms with van der Waals surface area (Å²) >= 11 is 0. The Labute approximate surface area is 169 Å². The van der Waals surface area contributed by atoms with Crippen molar-refractivity contribution in [3.8, 4) is 0 Å². The summed E-state index contributed by atoms with van der Waals surface area (Å²) in [6.07, 6.45) is 0. The fourth-order valence-electron chi connectivity index (χ4n) is 3.15. The van der Waals surface area contributed by atoms with E-state index >= 15 is 0 Å². The Morgan fingerprint density at radius 2 is 1.69 bits per heavy atom. The molecule has 0 aliphatic carbocycles. The second-order valence-electron chi connectivity index (χ2n) is 6.66. The van der Waals surface area contributed by atoms with Crippen LogP contribution in [-0.2, 0) is 14.4 Å². The van der Waals surface area contributed by atoms with Gasteiger partial charge in [-0.3, -0.25) is 14.5 Å². The lowest BCUT2D eigenvalue weighted by molar-refractivity contribution is -0.130. The van der Waals surface area contributed by atoms with Crippen molar-refractivity contribution in [2.24, 2.45) is 5.16 Å². The van der Waals surface area contributed by atoms with Crippen LogP contribution in [0.15, 0.2) is 53.7 Å². The van der Waals surface area contributed by atoms with Gasteiger partial charge in [0, 0.05) is 18.7 Å². The lowest BCUT2D eigenvalue weighted by Crippen LogP contribution is -2.42. The van der Waals surface area contributed by atoms with E-state index in [-0.39, 0.29) is 18.2 Å². The molecule has 0 bridgehead atoms. The van der Waals surface area contributed by atoms with E-state index in [0.717, 1.165) is 5.56 Å². The van der Waals surface area contributed by atoms with Crippen molar-refractivity contribution in [3.63, 3.8) is 0 Å². The van der Waals surface area contributed by atoms with Crippen LogP contribution in [0.2, 0.25) is 0 Å². The van der Waals surface area contributed by atoms with Gasteiger partial charge in [-0.25, -0.2) is 4.79 Å². The highest BCUT2D eigenvalue weighted by Gasteiger charge is 2.36. The van der Waals surface area contributed by atoms with Gasteiger partial charge in [-0.15, -0.1) is 0 Å². The molecule has 3 rings (SSSR count). The maximum atomic E-state index is 12.9. The van der Waals surface area contributed by atoms with Gasteiger partial charge in [0.15, 0.2) is 5.71 Å². The highest BCUT2D eigenvalue weighted by Crippen LogP contribution is 2.29. The monoisotopic (exact) mass is 393 g/mol. The Balaban J connectivity index is 1.83. The van der Waals surface area contributed by atoms with Crippen molar-refractivity contribution >= 4 is 29.2 Å². The fraction of sp³-hybridized carbons (Fsp3) is 0.273. The molecule has 0 unspecified atom stereocenters. The van der Waals surface area contributed by atoms with Gasteiger partial charge in [-0.2, -0.15) is 0 Å². The van der Waals surface area contributed by atoms with Gasteiger partial charge in [-0.1, -0.05) is 41.1 Å². The number of amides is 2. The Kier molecular flexibility index (Phi) is 6.07. The third kappa shape index (κ3) is 4.18. The first kappa shape index (κ1) is 20.3. The van der Waals surface area contributed by atoms with Crippen LogP contribution in [0.4, 0.5) is 5.69 Å². The van der Waals surface area contributed by atoms with E-state index in [9.17, 15) is 14.4 Å². The SMILES string of the molecule is CCN(CC)C(=O)CN1C(=O)/C(=N\OC(=O)c2ccc(C)cc2)c2ccccc21. The normalized spacial score (nSPS) is 14.1. The van der Waals surface area contributed by atoms with Crippen molar-refractivity contribution in [3.05, 3.63) is 65.2 Å². The zero-order valence-corrected chi connectivity index (χ0v) is 16.7. The van der Waals surface area contributed by atoms with Gasteiger partial charge < -0.3 is 9.74 Å². The van der Waals surface area contributed by atoms with Gasteiger partial charge in [0.05, 0.1) is 11.3 Å². The van der Waals surface area contributed by atoms with Gasteiger partial charge in [0.25, 0.3) is 5.91 Å². The quantitative estimate of drug-likeness (QED) is 0.558. The molecule has 7 heteroatoms. The van der Waals surface area contributed by atoms with Crippen LogP contribution in [0.25, 0.3) is 0 Å². The Morgan fingerprint density at radius 1 is 1.03 bits per heavy atom. The van der Waals surface area contributed by atoms with Crippen molar-refractivity contribution in [1.82, 2.24) is 4.90 Å². The highest BCUT2D eigenvalue weighted by atomic mass is 16.7. The number of nitrogens with zero attached hydrogens (tertiary/aromatic N) is 3. The molecule has 2 amide bonds. The zero-order valence-electron chi connectivity index (χ0n) is 16.7. The molecule has 29 heavy (non-hydrogen) atoms. The second kappa shape index (κ2) is 8.68. The molecule has 0 spiro atoms. The molecule has 0 saturated heterocycles. The molecule has 7 nitrogen and oxygen atoms in total. The minimum absolute atomic E-state index is 0.00779. The van der Waals surface area contributed by atoms with E-state index in [1.807, 2.05) is 20.8 Å². The number of hydrogen-bond donors (Lipinski definition) is 0. The smallest absolute Gasteiger partial charge is 0.342 e. The number of rotatable bonds is 6. The van der Waals surface area contributed by atoms with Crippen LogP contribution in [-0.4, -0.2) is 48.0 Å². The molecule has 0 N–H and O–H groups in total. The average molecular weight is 393 g/mol. The second-order valence-corrected chi connectivity index (χ2v) is 6.66. The Hall–Kier alpha value is -3.48. The van der Waals surface area contributed by atoms with Crippen LogP contribution in [0.5, 0.6) is 0 Å². The molecular weight excluding hydrogens is 370 g/mol. The summed E-state index contributed by atoms with van der Waals surface area (Å²) in [7, 11) is 0. The minimum atomic E-state index is -0.652. The fourth-order valence-corrected chi connectivity index (χ4v) is 3.15. The number of benzene rings is 2. The first-order chi connectivity index (χ1) is 14.0. The molecule has 1 heterocycles. The van der Waals surface area contributed by atoms with E-state index in [0.29, 0.717) is 29.9 Å². The third-order valence-corrected chi connectivity index (χ3v) is 4.81. The van der Waals surface area contributed by atoms with Crippen LogP contribution in [0.1, 0.15) is 35.3 Å². The summed E-state index contributed by atoms with van der Waals surface area (Å²) in [4.78, 5) is 45.7. The molecule has 1 aliphatic heterocycles. The van der Waals surface area contributed by atoms with Gasteiger partial charge in [0.2, 0.25) is 5.91 Å². The van der Waals surface area contributed by atoms with Crippen molar-refractivity contribution in [2.75, 3.05) is 24.5 Å². The number of aryl methyl sites for hydroxylation is 1. The zero-order chi connectivity index (χ0) is 21.0. The summed E-state index contributed by atoms with van der Waals surface area (Å²) in [5.41, 5.74) is 2.46. The number of anilines is 1. The van der Waals surface area contributed by atoms with E-state index < -0.39 is 11.9 Å². The van der Waals surface area contributed by atoms with Gasteiger partial charge in [0.1, 0.15) is 6.54 Å².